The van der Waals surface area contributed by atoms with Crippen LogP contribution in [0.15, 0.2) is 22.7 Å². The number of hydrogen-bond donors (Lipinski definition) is 2. The number of halogens is 2. The number of carboxylic acid groups (broad SMARTS) is 1. The summed E-state index contributed by atoms with van der Waals surface area (Å²) >= 11 is 3.23. The van der Waals surface area contributed by atoms with Crippen LogP contribution < -0.4 is 5.73 Å². The molecule has 1 fully saturated rings. The second kappa shape index (κ2) is 4.95. The molecule has 0 aliphatic carbocycles. The summed E-state index contributed by atoms with van der Waals surface area (Å²) in [7, 11) is 0. The summed E-state index contributed by atoms with van der Waals surface area (Å²) in [6, 6.07) is 4.32. The van der Waals surface area contributed by atoms with E-state index in [9.17, 15) is 14.3 Å². The molecule has 0 radical (unpaired) electrons. The standard InChI is InChI=1S/C12H13BrFNO3/c13-7-1-2-10(14)9(5-7)12(15)6-18-4-3-8(12)11(16)17/h1-2,5,8H,3-4,6,15H2,(H,16,17)/t8-,12-/m0/s1. The molecule has 4 nitrogen and oxygen atoms in total. The van der Waals surface area contributed by atoms with Crippen LogP contribution in [0.3, 0.4) is 0 Å². The molecule has 18 heavy (non-hydrogen) atoms. The van der Waals surface area contributed by atoms with Gasteiger partial charge in [0.2, 0.25) is 0 Å². The largest absolute Gasteiger partial charge is 0.481 e. The molecule has 1 aliphatic rings. The van der Waals surface area contributed by atoms with Crippen LogP contribution in [0.4, 0.5) is 4.39 Å². The van der Waals surface area contributed by atoms with Gasteiger partial charge in [-0.15, -0.1) is 0 Å². The molecule has 98 valence electrons. The molecule has 1 aromatic carbocycles. The van der Waals surface area contributed by atoms with Crippen LogP contribution in [0.2, 0.25) is 0 Å². The molecule has 3 N–H and O–H groups in total. The highest BCUT2D eigenvalue weighted by Crippen LogP contribution is 2.36. The van der Waals surface area contributed by atoms with Gasteiger partial charge in [-0.1, -0.05) is 15.9 Å². The van der Waals surface area contributed by atoms with E-state index < -0.39 is 23.2 Å². The SMILES string of the molecule is N[C@@]1(c2cc(Br)ccc2F)COCC[C@H]1C(=O)O. The second-order valence-corrected chi connectivity index (χ2v) is 5.31. The van der Waals surface area contributed by atoms with Gasteiger partial charge >= 0.3 is 5.97 Å². The van der Waals surface area contributed by atoms with Crippen molar-refractivity contribution >= 4 is 21.9 Å². The van der Waals surface area contributed by atoms with Crippen LogP contribution in [-0.4, -0.2) is 24.3 Å². The number of carboxylic acids is 1. The summed E-state index contributed by atoms with van der Waals surface area (Å²) in [6.45, 7) is 0.322. The minimum atomic E-state index is -1.34. The molecule has 0 saturated carbocycles. The van der Waals surface area contributed by atoms with E-state index in [1.165, 1.54) is 12.1 Å². The van der Waals surface area contributed by atoms with Crippen molar-refractivity contribution in [2.24, 2.45) is 11.7 Å². The molecule has 1 aromatic rings. The first-order valence-electron chi connectivity index (χ1n) is 5.50. The van der Waals surface area contributed by atoms with E-state index in [0.29, 0.717) is 11.1 Å². The van der Waals surface area contributed by atoms with E-state index in [1.807, 2.05) is 0 Å². The molecular weight excluding hydrogens is 305 g/mol. The molecule has 0 spiro atoms. The van der Waals surface area contributed by atoms with Crippen LogP contribution in [-0.2, 0) is 15.1 Å². The van der Waals surface area contributed by atoms with Gasteiger partial charge in [-0.3, -0.25) is 4.79 Å². The van der Waals surface area contributed by atoms with Crippen molar-refractivity contribution in [2.75, 3.05) is 13.2 Å². The predicted octanol–water partition coefficient (Wildman–Crippen LogP) is 1.86. The fourth-order valence-electron chi connectivity index (χ4n) is 2.26. The lowest BCUT2D eigenvalue weighted by Gasteiger charge is -2.39. The van der Waals surface area contributed by atoms with Gasteiger partial charge in [-0.05, 0) is 24.6 Å². The summed E-state index contributed by atoms with van der Waals surface area (Å²) in [5.41, 5.74) is 4.96. The van der Waals surface area contributed by atoms with Gasteiger partial charge in [0.05, 0.1) is 18.1 Å². The number of hydrogen-bond acceptors (Lipinski definition) is 3. The maximum atomic E-state index is 13.9. The lowest BCUT2D eigenvalue weighted by Crippen LogP contribution is -2.54. The van der Waals surface area contributed by atoms with E-state index >= 15 is 0 Å². The van der Waals surface area contributed by atoms with E-state index in [4.69, 9.17) is 10.5 Å². The molecule has 2 rings (SSSR count). The highest BCUT2D eigenvalue weighted by Gasteiger charge is 2.45. The Hall–Kier alpha value is -0.980. The van der Waals surface area contributed by atoms with E-state index in [-0.39, 0.29) is 18.6 Å². The molecular formula is C12H13BrFNO3. The number of benzene rings is 1. The topological polar surface area (TPSA) is 72.5 Å². The molecule has 0 aromatic heterocycles. The number of ether oxygens (including phenoxy) is 1. The number of carbonyl (C=O) groups is 1. The smallest absolute Gasteiger partial charge is 0.308 e. The Morgan fingerprint density at radius 1 is 1.61 bits per heavy atom. The first-order valence-corrected chi connectivity index (χ1v) is 6.29. The minimum absolute atomic E-state index is 0.00264. The van der Waals surface area contributed by atoms with Crippen LogP contribution in [0, 0.1) is 11.7 Å². The van der Waals surface area contributed by atoms with Crippen molar-refractivity contribution < 1.29 is 19.0 Å². The summed E-state index contributed by atoms with van der Waals surface area (Å²) < 4.78 is 19.8. The molecule has 0 unspecified atom stereocenters. The van der Waals surface area contributed by atoms with Crippen LogP contribution >= 0.6 is 15.9 Å². The van der Waals surface area contributed by atoms with Crippen LogP contribution in [0.5, 0.6) is 0 Å². The number of rotatable bonds is 2. The summed E-state index contributed by atoms with van der Waals surface area (Å²) in [5, 5.41) is 9.23. The van der Waals surface area contributed by atoms with Gasteiger partial charge < -0.3 is 15.6 Å². The van der Waals surface area contributed by atoms with Crippen molar-refractivity contribution in [2.45, 2.75) is 12.0 Å². The highest BCUT2D eigenvalue weighted by molar-refractivity contribution is 9.10. The van der Waals surface area contributed by atoms with Crippen molar-refractivity contribution in [3.8, 4) is 0 Å². The molecule has 1 heterocycles. The Morgan fingerprint density at radius 3 is 3.00 bits per heavy atom. The fraction of sp³-hybridized carbons (Fsp3) is 0.417. The quantitative estimate of drug-likeness (QED) is 0.873. The first-order chi connectivity index (χ1) is 8.45. The van der Waals surface area contributed by atoms with Crippen LogP contribution in [0.1, 0.15) is 12.0 Å². The van der Waals surface area contributed by atoms with Crippen molar-refractivity contribution in [3.05, 3.63) is 34.1 Å². The van der Waals surface area contributed by atoms with E-state index in [0.717, 1.165) is 0 Å². The van der Waals surface area contributed by atoms with Gasteiger partial charge in [-0.2, -0.15) is 0 Å². The maximum absolute atomic E-state index is 13.9. The number of aliphatic carboxylic acids is 1. The molecule has 2 atom stereocenters. The maximum Gasteiger partial charge on any atom is 0.308 e. The monoisotopic (exact) mass is 317 g/mol. The molecule has 0 amide bonds. The van der Waals surface area contributed by atoms with Gasteiger partial charge in [-0.25, -0.2) is 4.39 Å². The average Bonchev–Trinajstić information content (AvgIpc) is 2.32. The Labute approximate surface area is 112 Å². The number of nitrogens with two attached hydrogens (primary N) is 1. The summed E-state index contributed by atoms with van der Waals surface area (Å²) in [4.78, 5) is 11.3. The Balaban J connectivity index is 2.50. The second-order valence-electron chi connectivity index (χ2n) is 4.40. The zero-order valence-corrected chi connectivity index (χ0v) is 11.1. The Morgan fingerprint density at radius 2 is 2.33 bits per heavy atom. The van der Waals surface area contributed by atoms with Crippen molar-refractivity contribution in [1.82, 2.24) is 0 Å². The summed E-state index contributed by atoms with van der Waals surface area (Å²) in [5.74, 6) is -2.40. The van der Waals surface area contributed by atoms with Crippen LogP contribution in [0.25, 0.3) is 0 Å². The third-order valence-corrected chi connectivity index (χ3v) is 3.73. The normalized spacial score (nSPS) is 28.1. The van der Waals surface area contributed by atoms with Crippen molar-refractivity contribution in [3.63, 3.8) is 0 Å². The molecule has 1 saturated heterocycles. The zero-order chi connectivity index (χ0) is 13.3. The van der Waals surface area contributed by atoms with E-state index in [2.05, 4.69) is 15.9 Å². The van der Waals surface area contributed by atoms with Gasteiger partial charge in [0, 0.05) is 16.6 Å². The highest BCUT2D eigenvalue weighted by atomic mass is 79.9. The van der Waals surface area contributed by atoms with E-state index in [1.54, 1.807) is 6.07 Å². The Bertz CT molecular complexity index is 482. The average molecular weight is 318 g/mol. The van der Waals surface area contributed by atoms with Crippen molar-refractivity contribution in [1.29, 1.82) is 0 Å². The third kappa shape index (κ3) is 2.28. The van der Waals surface area contributed by atoms with Gasteiger partial charge in [0.15, 0.2) is 0 Å². The molecule has 6 heteroatoms. The fourth-order valence-corrected chi connectivity index (χ4v) is 2.62. The third-order valence-electron chi connectivity index (χ3n) is 3.24. The lowest BCUT2D eigenvalue weighted by atomic mass is 9.76. The zero-order valence-electron chi connectivity index (χ0n) is 9.53. The summed E-state index contributed by atoms with van der Waals surface area (Å²) in [6.07, 6.45) is 0.276. The Kier molecular flexibility index (Phi) is 3.70. The van der Waals surface area contributed by atoms with Gasteiger partial charge in [0.25, 0.3) is 0 Å². The predicted molar refractivity (Wildman–Crippen MR) is 66.5 cm³/mol. The molecule has 0 bridgehead atoms. The minimum Gasteiger partial charge on any atom is -0.481 e. The lowest BCUT2D eigenvalue weighted by molar-refractivity contribution is -0.150. The first kappa shape index (κ1) is 13.5. The molecule has 1 aliphatic heterocycles. The van der Waals surface area contributed by atoms with Gasteiger partial charge in [0.1, 0.15) is 5.82 Å².